The first-order valence-electron chi connectivity index (χ1n) is 9.64. The molecule has 2 heterocycles. The quantitative estimate of drug-likeness (QED) is 0.183. The van der Waals surface area contributed by atoms with E-state index in [0.717, 1.165) is 22.2 Å². The van der Waals surface area contributed by atoms with E-state index in [1.54, 1.807) is 19.3 Å². The van der Waals surface area contributed by atoms with E-state index in [2.05, 4.69) is 20.3 Å². The van der Waals surface area contributed by atoms with E-state index in [1.165, 1.54) is 0 Å². The van der Waals surface area contributed by atoms with Crippen molar-refractivity contribution in [2.24, 2.45) is 10.7 Å². The lowest BCUT2D eigenvalue weighted by atomic mass is 10.1. The van der Waals surface area contributed by atoms with Crippen LogP contribution in [0.5, 0.6) is 5.75 Å². The third-order valence-corrected chi connectivity index (χ3v) is 3.78. The smallest absolute Gasteiger partial charge is 0.296 e. The Morgan fingerprint density at radius 1 is 1.14 bits per heavy atom. The van der Waals surface area contributed by atoms with E-state index in [9.17, 15) is 21.6 Å². The van der Waals surface area contributed by atoms with Crippen LogP contribution < -0.4 is 15.8 Å². The Morgan fingerprint density at radius 2 is 1.74 bits per heavy atom. The number of hydrogen-bond donors (Lipinski definition) is 5. The first kappa shape index (κ1) is 29.5. The number of aromatic nitrogens is 2. The number of hydrogen-bond acceptors (Lipinski definition) is 7. The number of benzene rings is 1. The molecule has 15 heteroatoms. The van der Waals surface area contributed by atoms with Gasteiger partial charge in [0.25, 0.3) is 26.1 Å². The number of amides is 1. The van der Waals surface area contributed by atoms with Gasteiger partial charge in [0.05, 0.1) is 23.7 Å². The summed E-state index contributed by atoms with van der Waals surface area (Å²) in [5.41, 5.74) is 8.50. The van der Waals surface area contributed by atoms with Crippen LogP contribution >= 0.6 is 0 Å². The normalized spacial score (nSPS) is 11.5. The molecule has 6 N–H and O–H groups in total. The van der Waals surface area contributed by atoms with Gasteiger partial charge in [-0.25, -0.2) is 0 Å². The van der Waals surface area contributed by atoms with Gasteiger partial charge in [-0.1, -0.05) is 12.1 Å². The molecule has 0 fully saturated rings. The molecule has 0 aliphatic heterocycles. The monoisotopic (exact) mass is 529 g/mol. The first-order valence-corrected chi connectivity index (χ1v) is 13.3. The second-order valence-corrected chi connectivity index (χ2v) is 9.91. The third kappa shape index (κ3) is 12.5. The third-order valence-electron chi connectivity index (χ3n) is 3.78. The van der Waals surface area contributed by atoms with Gasteiger partial charge in [0, 0.05) is 18.6 Å². The Morgan fingerprint density at radius 3 is 2.26 bits per heavy atom. The first-order chi connectivity index (χ1) is 16.1. The van der Waals surface area contributed by atoms with Gasteiger partial charge in [-0.3, -0.25) is 18.9 Å². The van der Waals surface area contributed by atoms with Crippen molar-refractivity contribution < 1.29 is 35.5 Å². The molecule has 192 valence electrons. The Bertz CT molecular complexity index is 1340. The number of guanidine groups is 1. The summed E-state index contributed by atoms with van der Waals surface area (Å²) in [6, 6.07) is 11.2. The van der Waals surface area contributed by atoms with Crippen LogP contribution in [0.1, 0.15) is 21.7 Å². The van der Waals surface area contributed by atoms with Gasteiger partial charge < -0.3 is 20.8 Å². The lowest BCUT2D eigenvalue weighted by molar-refractivity contribution is 0.0998. The largest absolute Gasteiger partial charge is 0.485 e. The van der Waals surface area contributed by atoms with E-state index in [0.29, 0.717) is 30.6 Å². The molecule has 0 saturated carbocycles. The van der Waals surface area contributed by atoms with Crippen molar-refractivity contribution >= 4 is 43.0 Å². The predicted octanol–water partition coefficient (Wildman–Crippen LogP) is 1.13. The van der Waals surface area contributed by atoms with Gasteiger partial charge >= 0.3 is 0 Å². The second-order valence-electron chi connectivity index (χ2n) is 6.98. The number of carbonyl (C=O) groups is 1. The SMILES string of the molecule is CNC(N)=NC(=O)c1cc2c(C)ccc(OCc3ccccn3)c2[nH]1.CS(=O)(=O)O.CS(=O)(=O)O. The van der Waals surface area contributed by atoms with Gasteiger partial charge in [-0.05, 0) is 36.8 Å². The number of H-pyrrole nitrogens is 1. The molecule has 1 amide bonds. The summed E-state index contributed by atoms with van der Waals surface area (Å²) < 4.78 is 57.6. The number of rotatable bonds is 4. The number of aromatic amines is 1. The molecule has 0 bridgehead atoms. The maximum Gasteiger partial charge on any atom is 0.296 e. The van der Waals surface area contributed by atoms with Gasteiger partial charge in [0.2, 0.25) is 0 Å². The van der Waals surface area contributed by atoms with Crippen molar-refractivity contribution in [3.8, 4) is 5.75 Å². The standard InChI is InChI=1S/C18H19N5O2.2CH4O3S/c1-11-6-7-15(25-10-12-5-3-4-8-21-12)16-13(11)9-14(22-16)17(24)23-18(19)20-2;2*1-5(2,3)4/h3-9,22H,10H2,1-2H3,(H3,19,20,23,24);2*1H3,(H,2,3,4). The van der Waals surface area contributed by atoms with Gasteiger partial charge in [-0.2, -0.15) is 21.8 Å². The minimum atomic E-state index is -3.67. The number of nitrogens with one attached hydrogen (secondary N) is 2. The Labute approximate surface area is 202 Å². The molecule has 0 spiro atoms. The van der Waals surface area contributed by atoms with Gasteiger partial charge in [0.1, 0.15) is 18.1 Å². The van der Waals surface area contributed by atoms with Crippen LogP contribution in [0.25, 0.3) is 10.9 Å². The van der Waals surface area contributed by atoms with E-state index in [4.69, 9.17) is 19.6 Å². The average Bonchev–Trinajstić information content (AvgIpc) is 3.18. The number of pyridine rings is 1. The highest BCUT2D eigenvalue weighted by Crippen LogP contribution is 2.29. The van der Waals surface area contributed by atoms with Crippen LogP contribution in [0.2, 0.25) is 0 Å². The topological polar surface area (TPSA) is 214 Å². The summed E-state index contributed by atoms with van der Waals surface area (Å²) in [6.45, 7) is 2.31. The Kier molecular flexibility index (Phi) is 10.8. The maximum absolute atomic E-state index is 12.2. The van der Waals surface area contributed by atoms with Crippen molar-refractivity contribution in [3.05, 3.63) is 59.5 Å². The number of nitrogens with zero attached hydrogens (tertiary/aromatic N) is 2. The van der Waals surface area contributed by atoms with Crippen LogP contribution in [0, 0.1) is 6.92 Å². The summed E-state index contributed by atoms with van der Waals surface area (Å²) in [4.78, 5) is 23.3. The average molecular weight is 530 g/mol. The van der Waals surface area contributed by atoms with E-state index >= 15 is 0 Å². The zero-order chi connectivity index (χ0) is 26.8. The molecule has 0 saturated heterocycles. The highest BCUT2D eigenvalue weighted by Gasteiger charge is 2.14. The molecular formula is C20H27N5O8S2. The van der Waals surface area contributed by atoms with Crippen LogP contribution in [0.15, 0.2) is 47.6 Å². The number of nitrogens with two attached hydrogens (primary N) is 1. The number of aryl methyl sites for hydroxylation is 1. The number of ether oxygens (including phenoxy) is 1. The molecule has 3 rings (SSSR count). The molecule has 0 radical (unpaired) electrons. The van der Waals surface area contributed by atoms with Crippen LogP contribution in [0.3, 0.4) is 0 Å². The van der Waals surface area contributed by atoms with E-state index in [-0.39, 0.29) is 5.96 Å². The Balaban J connectivity index is 0.000000519. The molecule has 0 aliphatic carbocycles. The predicted molar refractivity (Wildman–Crippen MR) is 132 cm³/mol. The van der Waals surface area contributed by atoms with Crippen molar-refractivity contribution in [1.29, 1.82) is 0 Å². The zero-order valence-electron chi connectivity index (χ0n) is 19.4. The molecule has 0 atom stereocenters. The summed E-state index contributed by atoms with van der Waals surface area (Å²) in [7, 11) is -5.73. The zero-order valence-corrected chi connectivity index (χ0v) is 21.0. The summed E-state index contributed by atoms with van der Waals surface area (Å²) in [5, 5.41) is 3.52. The van der Waals surface area contributed by atoms with Gasteiger partial charge in [-0.15, -0.1) is 0 Å². The summed E-state index contributed by atoms with van der Waals surface area (Å²) in [5.74, 6) is 0.265. The fourth-order valence-electron chi connectivity index (χ4n) is 2.43. The van der Waals surface area contributed by atoms with Crippen molar-refractivity contribution in [3.63, 3.8) is 0 Å². The van der Waals surface area contributed by atoms with Crippen LogP contribution in [0.4, 0.5) is 0 Å². The summed E-state index contributed by atoms with van der Waals surface area (Å²) in [6.07, 6.45) is 3.15. The number of fused-ring (bicyclic) bond motifs is 1. The number of carbonyl (C=O) groups excluding carboxylic acids is 1. The Hall–Kier alpha value is -3.53. The minimum Gasteiger partial charge on any atom is -0.485 e. The minimum absolute atomic E-state index is 0.0620. The molecule has 3 aromatic rings. The highest BCUT2D eigenvalue weighted by atomic mass is 32.2. The highest BCUT2D eigenvalue weighted by molar-refractivity contribution is 7.85. The summed E-state index contributed by atoms with van der Waals surface area (Å²) >= 11 is 0. The lowest BCUT2D eigenvalue weighted by Crippen LogP contribution is -2.28. The van der Waals surface area contributed by atoms with Crippen LogP contribution in [-0.2, 0) is 26.8 Å². The molecule has 35 heavy (non-hydrogen) atoms. The van der Waals surface area contributed by atoms with E-state index in [1.807, 2.05) is 37.3 Å². The molecule has 0 unspecified atom stereocenters. The maximum atomic E-state index is 12.2. The lowest BCUT2D eigenvalue weighted by Gasteiger charge is -2.08. The fraction of sp³-hybridized carbons (Fsp3) is 0.250. The molecule has 2 aromatic heterocycles. The van der Waals surface area contributed by atoms with Crippen molar-refractivity contribution in [1.82, 2.24) is 15.3 Å². The molecular weight excluding hydrogens is 502 g/mol. The fourth-order valence-corrected chi connectivity index (χ4v) is 2.43. The molecule has 13 nitrogen and oxygen atoms in total. The molecule has 0 aliphatic rings. The van der Waals surface area contributed by atoms with Crippen LogP contribution in [-0.4, -0.2) is 67.3 Å². The number of aliphatic imine (C=N–C) groups is 1. The van der Waals surface area contributed by atoms with Gasteiger partial charge in [0.15, 0.2) is 5.96 Å². The van der Waals surface area contributed by atoms with Crippen molar-refractivity contribution in [2.75, 3.05) is 19.6 Å². The second kappa shape index (κ2) is 12.8. The van der Waals surface area contributed by atoms with E-state index < -0.39 is 26.1 Å². The molecule has 1 aromatic carbocycles. The van der Waals surface area contributed by atoms with Crippen molar-refractivity contribution in [2.45, 2.75) is 13.5 Å².